The van der Waals surface area contributed by atoms with E-state index in [-0.39, 0.29) is 23.2 Å². The first kappa shape index (κ1) is 22.5. The van der Waals surface area contributed by atoms with E-state index in [9.17, 15) is 13.6 Å². The number of aryl methyl sites for hydroxylation is 1. The van der Waals surface area contributed by atoms with Gasteiger partial charge in [0.25, 0.3) is 0 Å². The Morgan fingerprint density at radius 1 is 1.19 bits per heavy atom. The monoisotopic (exact) mass is 448 g/mol. The van der Waals surface area contributed by atoms with Crippen molar-refractivity contribution in [2.24, 2.45) is 0 Å². The lowest BCUT2D eigenvalue weighted by molar-refractivity contribution is -0.118. The number of benzene rings is 2. The Hall–Kier alpha value is -3.14. The summed E-state index contributed by atoms with van der Waals surface area (Å²) in [4.78, 5) is 12.2. The van der Waals surface area contributed by atoms with Crippen LogP contribution in [-0.2, 0) is 11.2 Å². The van der Waals surface area contributed by atoms with Crippen molar-refractivity contribution < 1.29 is 23.0 Å². The van der Waals surface area contributed by atoms with E-state index in [4.69, 9.17) is 4.74 Å². The first-order valence-electron chi connectivity index (χ1n) is 9.44. The number of carbonyl (C=O) groups is 1. The summed E-state index contributed by atoms with van der Waals surface area (Å²) in [6, 6.07) is 12.7. The van der Waals surface area contributed by atoms with E-state index in [1.807, 2.05) is 35.8 Å². The third kappa shape index (κ3) is 6.42. The van der Waals surface area contributed by atoms with E-state index in [0.717, 1.165) is 16.8 Å². The molecule has 1 heterocycles. The van der Waals surface area contributed by atoms with Crippen LogP contribution in [0, 0.1) is 6.92 Å². The maximum absolute atomic E-state index is 12.5. The number of nitrogens with zero attached hydrogens (tertiary/aromatic N) is 3. The predicted molar refractivity (Wildman–Crippen MR) is 113 cm³/mol. The van der Waals surface area contributed by atoms with Crippen LogP contribution in [-0.4, -0.2) is 46.7 Å². The fourth-order valence-electron chi connectivity index (χ4n) is 2.80. The Bertz CT molecular complexity index is 1010. The molecule has 2 aromatic carbocycles. The van der Waals surface area contributed by atoms with Gasteiger partial charge in [-0.15, -0.1) is 10.2 Å². The number of hydrogen-bond acceptors (Lipinski definition) is 6. The second kappa shape index (κ2) is 10.8. The van der Waals surface area contributed by atoms with Crippen molar-refractivity contribution in [1.29, 1.82) is 0 Å². The van der Waals surface area contributed by atoms with Crippen LogP contribution in [0.5, 0.6) is 11.5 Å². The molecular formula is C21H22F2N4O3S. The van der Waals surface area contributed by atoms with Crippen LogP contribution >= 0.6 is 11.8 Å². The highest BCUT2D eigenvalue weighted by atomic mass is 32.2. The molecule has 1 aromatic heterocycles. The summed E-state index contributed by atoms with van der Waals surface area (Å²) >= 11 is 1.28. The smallest absolute Gasteiger partial charge is 0.387 e. The van der Waals surface area contributed by atoms with E-state index < -0.39 is 6.61 Å². The number of aromatic nitrogens is 3. The maximum atomic E-state index is 12.5. The lowest BCUT2D eigenvalue weighted by atomic mass is 10.1. The van der Waals surface area contributed by atoms with E-state index in [2.05, 4.69) is 20.3 Å². The highest BCUT2D eigenvalue weighted by molar-refractivity contribution is 7.99. The molecule has 3 aromatic rings. The Kier molecular flexibility index (Phi) is 7.82. The van der Waals surface area contributed by atoms with Gasteiger partial charge >= 0.3 is 6.61 Å². The van der Waals surface area contributed by atoms with E-state index in [1.54, 1.807) is 18.5 Å². The van der Waals surface area contributed by atoms with Gasteiger partial charge < -0.3 is 14.8 Å². The van der Waals surface area contributed by atoms with Crippen LogP contribution in [0.1, 0.15) is 11.1 Å². The molecule has 0 aliphatic heterocycles. The average molecular weight is 448 g/mol. The molecule has 0 radical (unpaired) electrons. The van der Waals surface area contributed by atoms with Gasteiger partial charge in [-0.2, -0.15) is 8.78 Å². The van der Waals surface area contributed by atoms with Crippen LogP contribution in [0.3, 0.4) is 0 Å². The highest BCUT2D eigenvalue weighted by Crippen LogP contribution is 2.29. The number of methoxy groups -OCH3 is 1. The number of ether oxygens (including phenoxy) is 2. The van der Waals surface area contributed by atoms with Crippen molar-refractivity contribution in [3.8, 4) is 17.2 Å². The summed E-state index contributed by atoms with van der Waals surface area (Å²) in [6.07, 6.45) is 2.06. The molecule has 0 saturated heterocycles. The standard InChI is InChI=1S/C21H22F2N4O3S/c1-14-3-6-16(7-4-14)27-13-25-26-21(27)31-12-19(28)24-10-9-15-5-8-17(29-2)18(11-15)30-20(22)23/h3-8,11,13,20H,9-10,12H2,1-2H3,(H,24,28). The van der Waals surface area contributed by atoms with E-state index >= 15 is 0 Å². The SMILES string of the molecule is COc1ccc(CCNC(=O)CSc2nncn2-c2ccc(C)cc2)cc1OC(F)F. The summed E-state index contributed by atoms with van der Waals surface area (Å²) in [7, 11) is 1.38. The van der Waals surface area contributed by atoms with Gasteiger partial charge in [0.05, 0.1) is 12.9 Å². The van der Waals surface area contributed by atoms with Gasteiger partial charge in [0, 0.05) is 12.2 Å². The molecule has 0 saturated carbocycles. The number of halogens is 2. The fraction of sp³-hybridized carbons (Fsp3) is 0.286. The van der Waals surface area contributed by atoms with Crippen LogP contribution in [0.25, 0.3) is 5.69 Å². The topological polar surface area (TPSA) is 78.3 Å². The quantitative estimate of drug-likeness (QED) is 0.477. The lowest BCUT2D eigenvalue weighted by Gasteiger charge is -2.12. The fourth-order valence-corrected chi connectivity index (χ4v) is 3.56. The minimum atomic E-state index is -2.94. The largest absolute Gasteiger partial charge is 0.493 e. The zero-order valence-corrected chi connectivity index (χ0v) is 17.9. The van der Waals surface area contributed by atoms with Crippen molar-refractivity contribution in [2.75, 3.05) is 19.4 Å². The Morgan fingerprint density at radius 3 is 2.68 bits per heavy atom. The minimum absolute atomic E-state index is 0.0349. The van der Waals surface area contributed by atoms with E-state index in [0.29, 0.717) is 18.1 Å². The van der Waals surface area contributed by atoms with Crippen molar-refractivity contribution in [2.45, 2.75) is 25.1 Å². The molecule has 10 heteroatoms. The average Bonchev–Trinajstić information content (AvgIpc) is 3.21. The molecule has 0 aliphatic rings. The van der Waals surface area contributed by atoms with Crippen molar-refractivity contribution in [3.63, 3.8) is 0 Å². The molecule has 0 atom stereocenters. The number of amides is 1. The third-order valence-electron chi connectivity index (χ3n) is 4.34. The van der Waals surface area contributed by atoms with Gasteiger partial charge in [-0.3, -0.25) is 9.36 Å². The van der Waals surface area contributed by atoms with Crippen LogP contribution in [0.15, 0.2) is 53.9 Å². The van der Waals surface area contributed by atoms with Crippen molar-refractivity contribution in [3.05, 3.63) is 59.9 Å². The molecule has 1 amide bonds. The number of alkyl halides is 2. The summed E-state index contributed by atoms with van der Waals surface area (Å²) in [5.74, 6) is 0.197. The third-order valence-corrected chi connectivity index (χ3v) is 5.28. The molecule has 164 valence electrons. The second-order valence-electron chi connectivity index (χ2n) is 6.57. The summed E-state index contributed by atoms with van der Waals surface area (Å²) in [5.41, 5.74) is 2.80. The summed E-state index contributed by atoms with van der Waals surface area (Å²) < 4.78 is 36.4. The first-order valence-corrected chi connectivity index (χ1v) is 10.4. The van der Waals surface area contributed by atoms with Gasteiger partial charge in [0.15, 0.2) is 16.7 Å². The first-order chi connectivity index (χ1) is 15.0. The Labute approximate surface area is 182 Å². The van der Waals surface area contributed by atoms with Crippen LogP contribution in [0.2, 0.25) is 0 Å². The molecule has 0 bridgehead atoms. The number of carbonyl (C=O) groups excluding carboxylic acids is 1. The number of nitrogens with one attached hydrogen (secondary N) is 1. The number of hydrogen-bond donors (Lipinski definition) is 1. The molecule has 0 unspecified atom stereocenters. The molecule has 31 heavy (non-hydrogen) atoms. The van der Waals surface area contributed by atoms with E-state index in [1.165, 1.54) is 24.9 Å². The molecule has 1 N–H and O–H groups in total. The summed E-state index contributed by atoms with van der Waals surface area (Å²) in [6.45, 7) is -0.582. The zero-order valence-electron chi connectivity index (χ0n) is 17.0. The molecular weight excluding hydrogens is 426 g/mol. The summed E-state index contributed by atoms with van der Waals surface area (Å²) in [5, 5.41) is 11.4. The van der Waals surface area contributed by atoms with Gasteiger partial charge in [0.1, 0.15) is 6.33 Å². The van der Waals surface area contributed by atoms with Crippen molar-refractivity contribution >= 4 is 17.7 Å². The highest BCUT2D eigenvalue weighted by Gasteiger charge is 2.12. The van der Waals surface area contributed by atoms with Crippen LogP contribution in [0.4, 0.5) is 8.78 Å². The molecule has 3 rings (SSSR count). The lowest BCUT2D eigenvalue weighted by Crippen LogP contribution is -2.27. The number of thioether (sulfide) groups is 1. The zero-order chi connectivity index (χ0) is 22.2. The minimum Gasteiger partial charge on any atom is -0.493 e. The maximum Gasteiger partial charge on any atom is 0.387 e. The van der Waals surface area contributed by atoms with Gasteiger partial charge in [-0.1, -0.05) is 35.5 Å². The van der Waals surface area contributed by atoms with Gasteiger partial charge in [0.2, 0.25) is 5.91 Å². The predicted octanol–water partition coefficient (Wildman–Crippen LogP) is 3.64. The Morgan fingerprint density at radius 2 is 1.97 bits per heavy atom. The normalized spacial score (nSPS) is 10.9. The molecule has 0 fully saturated rings. The molecule has 7 nitrogen and oxygen atoms in total. The van der Waals surface area contributed by atoms with Gasteiger partial charge in [-0.25, -0.2) is 0 Å². The van der Waals surface area contributed by atoms with Gasteiger partial charge in [-0.05, 0) is 43.2 Å². The van der Waals surface area contributed by atoms with Crippen LogP contribution < -0.4 is 14.8 Å². The number of rotatable bonds is 10. The van der Waals surface area contributed by atoms with Crippen molar-refractivity contribution in [1.82, 2.24) is 20.1 Å². The molecule has 0 aliphatic carbocycles. The molecule has 0 spiro atoms. The second-order valence-corrected chi connectivity index (χ2v) is 7.51. The Balaban J connectivity index is 1.50.